The van der Waals surface area contributed by atoms with E-state index in [0.29, 0.717) is 22.8 Å². The Morgan fingerprint density at radius 1 is 1.33 bits per heavy atom. The van der Waals surface area contributed by atoms with E-state index >= 15 is 0 Å². The molecule has 0 atom stereocenters. The maximum absolute atomic E-state index is 13.2. The summed E-state index contributed by atoms with van der Waals surface area (Å²) in [5.74, 6) is -0.356. The van der Waals surface area contributed by atoms with Crippen LogP contribution < -0.4 is 10.6 Å². The van der Waals surface area contributed by atoms with Crippen molar-refractivity contribution in [3.8, 4) is 0 Å². The molecule has 2 rings (SSSR count). The zero-order valence-corrected chi connectivity index (χ0v) is 12.2. The molecule has 0 fully saturated rings. The van der Waals surface area contributed by atoms with Gasteiger partial charge in [-0.2, -0.15) is 0 Å². The summed E-state index contributed by atoms with van der Waals surface area (Å²) in [6.45, 7) is 0.462. The fourth-order valence-corrected chi connectivity index (χ4v) is 2.40. The Labute approximate surface area is 127 Å². The smallest absolute Gasteiger partial charge is 0.173 e. The van der Waals surface area contributed by atoms with Crippen molar-refractivity contribution in [3.05, 3.63) is 64.4 Å². The number of nitrogens with two attached hydrogens (primary N) is 1. The van der Waals surface area contributed by atoms with Gasteiger partial charge in [0.05, 0.1) is 10.6 Å². The normalized spacial score (nSPS) is 11.5. The number of amidine groups is 1. The Morgan fingerprint density at radius 2 is 2.05 bits per heavy atom. The minimum Gasteiger partial charge on any atom is -0.409 e. The van der Waals surface area contributed by atoms with E-state index in [1.165, 1.54) is 12.1 Å². The zero-order chi connectivity index (χ0) is 15.4. The quantitative estimate of drug-likeness (QED) is 0.394. The van der Waals surface area contributed by atoms with Gasteiger partial charge in [-0.3, -0.25) is 0 Å². The summed E-state index contributed by atoms with van der Waals surface area (Å²) in [4.78, 5) is 1.86. The third kappa shape index (κ3) is 3.44. The van der Waals surface area contributed by atoms with Crippen molar-refractivity contribution in [2.45, 2.75) is 6.54 Å². The van der Waals surface area contributed by atoms with E-state index in [-0.39, 0.29) is 11.7 Å². The molecule has 110 valence electrons. The van der Waals surface area contributed by atoms with Crippen LogP contribution in [0.25, 0.3) is 0 Å². The van der Waals surface area contributed by atoms with E-state index in [4.69, 9.17) is 22.5 Å². The molecule has 0 unspecified atom stereocenters. The lowest BCUT2D eigenvalue weighted by Gasteiger charge is -2.23. The van der Waals surface area contributed by atoms with Gasteiger partial charge in [-0.1, -0.05) is 35.0 Å². The van der Waals surface area contributed by atoms with Gasteiger partial charge in [-0.25, -0.2) is 4.39 Å². The van der Waals surface area contributed by atoms with Crippen LogP contribution in [0.2, 0.25) is 5.02 Å². The number of anilines is 1. The molecular formula is C15H15ClFN3O. The zero-order valence-electron chi connectivity index (χ0n) is 11.4. The Hall–Kier alpha value is -2.27. The van der Waals surface area contributed by atoms with Gasteiger partial charge in [0.2, 0.25) is 0 Å². The lowest BCUT2D eigenvalue weighted by molar-refractivity contribution is 0.318. The first-order valence-electron chi connectivity index (χ1n) is 6.25. The highest BCUT2D eigenvalue weighted by molar-refractivity contribution is 6.34. The maximum atomic E-state index is 13.2. The molecule has 0 bridgehead atoms. The molecule has 0 amide bonds. The van der Waals surface area contributed by atoms with E-state index in [0.717, 1.165) is 5.56 Å². The Balaban J connectivity index is 2.35. The number of benzene rings is 2. The van der Waals surface area contributed by atoms with Crippen LogP contribution in [0.4, 0.5) is 10.1 Å². The van der Waals surface area contributed by atoms with E-state index in [9.17, 15) is 4.39 Å². The molecule has 2 aromatic rings. The summed E-state index contributed by atoms with van der Waals surface area (Å²) in [6.07, 6.45) is 0. The van der Waals surface area contributed by atoms with Gasteiger partial charge < -0.3 is 15.8 Å². The van der Waals surface area contributed by atoms with Gasteiger partial charge in [0.1, 0.15) is 5.82 Å². The largest absolute Gasteiger partial charge is 0.409 e. The molecule has 0 radical (unpaired) electrons. The summed E-state index contributed by atoms with van der Waals surface area (Å²) in [7, 11) is 1.82. The first-order valence-corrected chi connectivity index (χ1v) is 6.62. The summed E-state index contributed by atoms with van der Waals surface area (Å²) in [6, 6.07) is 11.6. The number of hydrogen-bond donors (Lipinski definition) is 2. The molecule has 0 saturated heterocycles. The van der Waals surface area contributed by atoms with Crippen molar-refractivity contribution in [2.75, 3.05) is 11.9 Å². The van der Waals surface area contributed by atoms with E-state index < -0.39 is 0 Å². The van der Waals surface area contributed by atoms with Crippen LogP contribution in [0.1, 0.15) is 11.1 Å². The van der Waals surface area contributed by atoms with Crippen LogP contribution >= 0.6 is 11.6 Å². The van der Waals surface area contributed by atoms with Crippen LogP contribution in [-0.2, 0) is 6.54 Å². The average Bonchev–Trinajstić information content (AvgIpc) is 2.46. The number of oxime groups is 1. The van der Waals surface area contributed by atoms with E-state index in [2.05, 4.69) is 5.16 Å². The third-order valence-electron chi connectivity index (χ3n) is 3.08. The summed E-state index contributed by atoms with van der Waals surface area (Å²) in [5.41, 5.74) is 7.63. The second kappa shape index (κ2) is 6.45. The van der Waals surface area contributed by atoms with Crippen molar-refractivity contribution < 1.29 is 9.60 Å². The van der Waals surface area contributed by atoms with Gasteiger partial charge >= 0.3 is 0 Å². The van der Waals surface area contributed by atoms with Crippen molar-refractivity contribution in [3.63, 3.8) is 0 Å². The minimum absolute atomic E-state index is 0.0679. The van der Waals surface area contributed by atoms with Gasteiger partial charge in [0, 0.05) is 19.3 Å². The lowest BCUT2D eigenvalue weighted by atomic mass is 10.1. The molecule has 0 saturated carbocycles. The molecule has 4 nitrogen and oxygen atoms in total. The van der Waals surface area contributed by atoms with Crippen molar-refractivity contribution >= 4 is 23.1 Å². The molecule has 0 heterocycles. The van der Waals surface area contributed by atoms with Gasteiger partial charge in [0.25, 0.3) is 0 Å². The average molecular weight is 308 g/mol. The molecule has 0 aliphatic carbocycles. The van der Waals surface area contributed by atoms with Gasteiger partial charge in [0.15, 0.2) is 5.84 Å². The standard InChI is InChI=1S/C15H15ClFN3O/c1-20(9-10-4-2-5-11(17)8-10)13-7-3-6-12(16)14(13)15(18)19-21/h2-8,21H,9H2,1H3,(H2,18,19). The van der Waals surface area contributed by atoms with Crippen LogP contribution in [0.15, 0.2) is 47.6 Å². The SMILES string of the molecule is CN(Cc1cccc(F)c1)c1cccc(Cl)c1C(N)=NO. The lowest BCUT2D eigenvalue weighted by Crippen LogP contribution is -2.23. The number of halogens is 2. The van der Waals surface area contributed by atoms with E-state index in [1.54, 1.807) is 24.3 Å². The minimum atomic E-state index is -0.288. The van der Waals surface area contributed by atoms with Crippen molar-refractivity contribution in [2.24, 2.45) is 10.9 Å². The Bertz CT molecular complexity index is 676. The first kappa shape index (κ1) is 15.1. The molecule has 0 aliphatic heterocycles. The number of hydrogen-bond acceptors (Lipinski definition) is 3. The highest BCUT2D eigenvalue weighted by Crippen LogP contribution is 2.27. The monoisotopic (exact) mass is 307 g/mol. The second-order valence-corrected chi connectivity index (χ2v) is 5.01. The predicted octanol–water partition coefficient (Wildman–Crippen LogP) is 3.21. The molecule has 21 heavy (non-hydrogen) atoms. The molecule has 3 N–H and O–H groups in total. The van der Waals surface area contributed by atoms with Crippen LogP contribution in [0.3, 0.4) is 0 Å². The van der Waals surface area contributed by atoms with E-state index in [1.807, 2.05) is 18.0 Å². The first-order chi connectivity index (χ1) is 10.0. The molecule has 0 spiro atoms. The van der Waals surface area contributed by atoms with Crippen molar-refractivity contribution in [1.82, 2.24) is 0 Å². The Morgan fingerprint density at radius 3 is 2.71 bits per heavy atom. The summed E-state index contributed by atoms with van der Waals surface area (Å²) >= 11 is 6.12. The highest BCUT2D eigenvalue weighted by atomic mass is 35.5. The molecular weight excluding hydrogens is 293 g/mol. The molecule has 0 aromatic heterocycles. The summed E-state index contributed by atoms with van der Waals surface area (Å²) in [5, 5.41) is 12.3. The van der Waals surface area contributed by atoms with Gasteiger partial charge in [-0.15, -0.1) is 0 Å². The third-order valence-corrected chi connectivity index (χ3v) is 3.39. The molecule has 0 aliphatic rings. The maximum Gasteiger partial charge on any atom is 0.173 e. The van der Waals surface area contributed by atoms with Crippen LogP contribution in [0, 0.1) is 5.82 Å². The second-order valence-electron chi connectivity index (χ2n) is 4.61. The molecule has 6 heteroatoms. The Kier molecular flexibility index (Phi) is 4.65. The predicted molar refractivity (Wildman–Crippen MR) is 82.5 cm³/mol. The van der Waals surface area contributed by atoms with Gasteiger partial charge in [-0.05, 0) is 29.8 Å². The summed E-state index contributed by atoms with van der Waals surface area (Å²) < 4.78 is 13.2. The van der Waals surface area contributed by atoms with Crippen LogP contribution in [0.5, 0.6) is 0 Å². The fraction of sp³-hybridized carbons (Fsp3) is 0.133. The topological polar surface area (TPSA) is 61.8 Å². The molecule has 2 aromatic carbocycles. The fourth-order valence-electron chi connectivity index (χ4n) is 2.13. The van der Waals surface area contributed by atoms with Crippen molar-refractivity contribution in [1.29, 1.82) is 0 Å². The number of rotatable bonds is 4. The number of nitrogens with zero attached hydrogens (tertiary/aromatic N) is 2. The van der Waals surface area contributed by atoms with Crippen LogP contribution in [-0.4, -0.2) is 18.1 Å². The highest BCUT2D eigenvalue weighted by Gasteiger charge is 2.15.